The van der Waals surface area contributed by atoms with Crippen molar-refractivity contribution in [3.05, 3.63) is 41.4 Å². The van der Waals surface area contributed by atoms with Gasteiger partial charge in [0.1, 0.15) is 0 Å². The predicted octanol–water partition coefficient (Wildman–Crippen LogP) is 4.07. The molecule has 0 bridgehead atoms. The number of hydrogen-bond donors (Lipinski definition) is 1. The van der Waals surface area contributed by atoms with Gasteiger partial charge in [0.15, 0.2) is 5.76 Å². The fourth-order valence-electron chi connectivity index (χ4n) is 3.21. The maximum Gasteiger partial charge on any atom is 0.303 e. The van der Waals surface area contributed by atoms with Crippen molar-refractivity contribution in [1.82, 2.24) is 9.88 Å². The Morgan fingerprint density at radius 3 is 3.12 bits per heavy atom. The number of hydrogen-bond acceptors (Lipinski definition) is 4. The third-order valence-electron chi connectivity index (χ3n) is 4.39. The molecule has 0 amide bonds. The molecule has 1 unspecified atom stereocenters. The monoisotopic (exact) mass is 348 g/mol. The van der Waals surface area contributed by atoms with Gasteiger partial charge in [0.05, 0.1) is 12.7 Å². The number of carboxylic acid groups (broad SMARTS) is 1. The molecule has 1 aromatic heterocycles. The molecule has 3 rings (SSSR count). The molecule has 1 atom stereocenters. The molecule has 5 nitrogen and oxygen atoms in total. The fraction of sp³-hybridized carbons (Fsp3) is 0.444. The van der Waals surface area contributed by atoms with Gasteiger partial charge in [0.2, 0.25) is 5.89 Å². The number of aliphatic carboxylic acids is 1. The van der Waals surface area contributed by atoms with Crippen molar-refractivity contribution in [3.8, 4) is 11.3 Å². The Balaban J connectivity index is 1.59. The van der Waals surface area contributed by atoms with Gasteiger partial charge in [-0.1, -0.05) is 23.7 Å². The van der Waals surface area contributed by atoms with Crippen molar-refractivity contribution in [2.45, 2.75) is 32.2 Å². The molecule has 24 heavy (non-hydrogen) atoms. The maximum atomic E-state index is 10.7. The highest BCUT2D eigenvalue weighted by molar-refractivity contribution is 6.30. The van der Waals surface area contributed by atoms with Crippen molar-refractivity contribution in [1.29, 1.82) is 0 Å². The van der Waals surface area contributed by atoms with Crippen LogP contribution in [-0.4, -0.2) is 34.0 Å². The van der Waals surface area contributed by atoms with Crippen LogP contribution >= 0.6 is 11.6 Å². The summed E-state index contributed by atoms with van der Waals surface area (Å²) in [6, 6.07) is 7.51. The Morgan fingerprint density at radius 1 is 1.46 bits per heavy atom. The molecule has 1 N–H and O–H groups in total. The van der Waals surface area contributed by atoms with Crippen LogP contribution in [-0.2, 0) is 11.3 Å². The quantitative estimate of drug-likeness (QED) is 0.852. The number of likely N-dealkylation sites (tertiary alicyclic amines) is 1. The molecule has 0 spiro atoms. The van der Waals surface area contributed by atoms with Gasteiger partial charge in [-0.15, -0.1) is 0 Å². The lowest BCUT2D eigenvalue weighted by atomic mass is 9.93. The summed E-state index contributed by atoms with van der Waals surface area (Å²) >= 11 is 6.01. The van der Waals surface area contributed by atoms with Crippen LogP contribution in [0.25, 0.3) is 11.3 Å². The summed E-state index contributed by atoms with van der Waals surface area (Å²) in [6.07, 6.45) is 4.91. The highest BCUT2D eigenvalue weighted by Gasteiger charge is 2.22. The minimum Gasteiger partial charge on any atom is -0.481 e. The Morgan fingerprint density at radius 2 is 2.33 bits per heavy atom. The molecular weight excluding hydrogens is 328 g/mol. The number of rotatable bonds is 6. The van der Waals surface area contributed by atoms with E-state index in [0.717, 1.165) is 37.9 Å². The normalized spacial score (nSPS) is 18.6. The molecule has 0 saturated carbocycles. The van der Waals surface area contributed by atoms with Gasteiger partial charge < -0.3 is 9.52 Å². The first-order valence-corrected chi connectivity index (χ1v) is 8.63. The van der Waals surface area contributed by atoms with E-state index in [0.29, 0.717) is 29.1 Å². The standard InChI is InChI=1S/C18H21ClN2O3/c19-15-5-1-4-14(9-15)16-10-20-17(24-16)12-21-8-2-3-13(11-21)6-7-18(22)23/h1,4-5,9-10,13H,2-3,6-8,11-12H2,(H,22,23). The molecule has 0 aliphatic carbocycles. The van der Waals surface area contributed by atoms with E-state index in [4.69, 9.17) is 21.1 Å². The lowest BCUT2D eigenvalue weighted by Gasteiger charge is -2.31. The third-order valence-corrected chi connectivity index (χ3v) is 4.63. The van der Waals surface area contributed by atoms with Crippen LogP contribution < -0.4 is 0 Å². The first-order chi connectivity index (χ1) is 11.6. The second-order valence-corrected chi connectivity index (χ2v) is 6.74. The number of nitrogens with zero attached hydrogens (tertiary/aromatic N) is 2. The van der Waals surface area contributed by atoms with Gasteiger partial charge in [0, 0.05) is 23.6 Å². The van der Waals surface area contributed by atoms with E-state index in [2.05, 4.69) is 9.88 Å². The fourth-order valence-corrected chi connectivity index (χ4v) is 3.40. The molecule has 0 radical (unpaired) electrons. The summed E-state index contributed by atoms with van der Waals surface area (Å²) in [5.74, 6) is 1.12. The average molecular weight is 349 g/mol. The largest absolute Gasteiger partial charge is 0.481 e. The number of carbonyl (C=O) groups is 1. The minimum absolute atomic E-state index is 0.246. The topological polar surface area (TPSA) is 66.6 Å². The summed E-state index contributed by atoms with van der Waals surface area (Å²) in [5, 5.41) is 9.50. The van der Waals surface area contributed by atoms with Crippen LogP contribution in [0.15, 0.2) is 34.9 Å². The van der Waals surface area contributed by atoms with Gasteiger partial charge >= 0.3 is 5.97 Å². The van der Waals surface area contributed by atoms with Crippen LogP contribution in [0.1, 0.15) is 31.6 Å². The van der Waals surface area contributed by atoms with Gasteiger partial charge in [-0.05, 0) is 43.9 Å². The Labute approximate surface area is 146 Å². The Kier molecular flexibility index (Phi) is 5.53. The van der Waals surface area contributed by atoms with Crippen LogP contribution in [0, 0.1) is 5.92 Å². The molecule has 1 aromatic carbocycles. The Bertz CT molecular complexity index is 701. The van der Waals surface area contributed by atoms with E-state index < -0.39 is 5.97 Å². The van der Waals surface area contributed by atoms with Gasteiger partial charge in [-0.3, -0.25) is 9.69 Å². The highest BCUT2D eigenvalue weighted by Crippen LogP contribution is 2.26. The molecule has 1 saturated heterocycles. The summed E-state index contributed by atoms with van der Waals surface area (Å²) in [6.45, 7) is 2.56. The molecule has 6 heteroatoms. The van der Waals surface area contributed by atoms with E-state index in [9.17, 15) is 4.79 Å². The second-order valence-electron chi connectivity index (χ2n) is 6.30. The Hall–Kier alpha value is -1.85. The zero-order chi connectivity index (χ0) is 16.9. The van der Waals surface area contributed by atoms with E-state index in [1.165, 1.54) is 0 Å². The van der Waals surface area contributed by atoms with E-state index >= 15 is 0 Å². The molecular formula is C18H21ClN2O3. The number of aromatic nitrogens is 1. The second kappa shape index (κ2) is 7.81. The maximum absolute atomic E-state index is 10.7. The molecule has 2 aromatic rings. The van der Waals surface area contributed by atoms with Gasteiger partial charge in [0.25, 0.3) is 0 Å². The third kappa shape index (κ3) is 4.58. The summed E-state index contributed by atoms with van der Waals surface area (Å²) in [7, 11) is 0. The molecule has 2 heterocycles. The van der Waals surface area contributed by atoms with Crippen molar-refractivity contribution < 1.29 is 14.3 Å². The highest BCUT2D eigenvalue weighted by atomic mass is 35.5. The van der Waals surface area contributed by atoms with E-state index in [-0.39, 0.29) is 6.42 Å². The van der Waals surface area contributed by atoms with Crippen molar-refractivity contribution in [3.63, 3.8) is 0 Å². The van der Waals surface area contributed by atoms with Gasteiger partial charge in [-0.25, -0.2) is 4.98 Å². The number of carboxylic acids is 1. The molecule has 128 valence electrons. The van der Waals surface area contributed by atoms with Crippen LogP contribution in [0.2, 0.25) is 5.02 Å². The molecule has 1 aliphatic rings. The van der Waals surface area contributed by atoms with E-state index in [1.54, 1.807) is 6.20 Å². The van der Waals surface area contributed by atoms with Crippen LogP contribution in [0.5, 0.6) is 0 Å². The zero-order valence-electron chi connectivity index (χ0n) is 13.4. The number of piperidine rings is 1. The SMILES string of the molecule is O=C(O)CCC1CCCN(Cc2ncc(-c3cccc(Cl)c3)o2)C1. The minimum atomic E-state index is -0.717. The van der Waals surface area contributed by atoms with Crippen molar-refractivity contribution >= 4 is 17.6 Å². The summed E-state index contributed by atoms with van der Waals surface area (Å²) < 4.78 is 5.86. The van der Waals surface area contributed by atoms with E-state index in [1.807, 2.05) is 24.3 Å². The van der Waals surface area contributed by atoms with Crippen LogP contribution in [0.3, 0.4) is 0 Å². The smallest absolute Gasteiger partial charge is 0.303 e. The van der Waals surface area contributed by atoms with Crippen molar-refractivity contribution in [2.75, 3.05) is 13.1 Å². The lowest BCUT2D eigenvalue weighted by Crippen LogP contribution is -2.35. The summed E-state index contributed by atoms with van der Waals surface area (Å²) in [4.78, 5) is 17.4. The molecule has 1 aliphatic heterocycles. The summed E-state index contributed by atoms with van der Waals surface area (Å²) in [5.41, 5.74) is 0.916. The average Bonchev–Trinajstić information content (AvgIpc) is 3.02. The number of oxazole rings is 1. The van der Waals surface area contributed by atoms with Gasteiger partial charge in [-0.2, -0.15) is 0 Å². The number of benzene rings is 1. The van der Waals surface area contributed by atoms with Crippen LogP contribution in [0.4, 0.5) is 0 Å². The number of halogens is 1. The first kappa shape index (κ1) is 17.0. The first-order valence-electron chi connectivity index (χ1n) is 8.25. The zero-order valence-corrected chi connectivity index (χ0v) is 14.2. The lowest BCUT2D eigenvalue weighted by molar-refractivity contribution is -0.137. The predicted molar refractivity (Wildman–Crippen MR) is 91.8 cm³/mol. The molecule has 1 fully saturated rings. The van der Waals surface area contributed by atoms with Crippen molar-refractivity contribution in [2.24, 2.45) is 5.92 Å².